The minimum atomic E-state index is -4.77. The van der Waals surface area contributed by atoms with Crippen LogP contribution in [-0.2, 0) is 30.2 Å². The number of hydrogen-bond donors (Lipinski definition) is 8. The molecule has 8 N–H and O–H groups in total. The summed E-state index contributed by atoms with van der Waals surface area (Å²) in [5, 5.41) is 45.1. The molecule has 1 aliphatic heterocycles. The Kier molecular flexibility index (Phi) is 13.4. The fourth-order valence-electron chi connectivity index (χ4n) is 10.3. The van der Waals surface area contributed by atoms with Crippen molar-refractivity contribution in [2.24, 2.45) is 4.99 Å². The van der Waals surface area contributed by atoms with E-state index >= 15 is 0 Å². The first-order valence-corrected chi connectivity index (χ1v) is 28.8. The number of rotatable bonds is 13. The van der Waals surface area contributed by atoms with Gasteiger partial charge in [-0.15, -0.1) is 0 Å². The van der Waals surface area contributed by atoms with Gasteiger partial charge in [-0.1, -0.05) is 54.6 Å². The highest BCUT2D eigenvalue weighted by atomic mass is 32.2. The van der Waals surface area contributed by atoms with Crippen LogP contribution in [0.2, 0.25) is 0 Å². The van der Waals surface area contributed by atoms with Gasteiger partial charge in [0, 0.05) is 56.4 Å². The van der Waals surface area contributed by atoms with Crippen molar-refractivity contribution in [2.45, 2.75) is 56.2 Å². The fourth-order valence-corrected chi connectivity index (χ4v) is 13.8. The van der Waals surface area contributed by atoms with Crippen LogP contribution in [0.25, 0.3) is 55.0 Å². The van der Waals surface area contributed by atoms with Crippen LogP contribution in [0.3, 0.4) is 0 Å². The molecule has 1 heterocycles. The van der Waals surface area contributed by atoms with Crippen molar-refractivity contribution < 1.29 is 64.2 Å². The van der Waals surface area contributed by atoms with Gasteiger partial charge in [0.2, 0.25) is 0 Å². The number of aromatic hydroxyl groups is 2. The molecule has 0 radical (unpaired) electrons. The van der Waals surface area contributed by atoms with Crippen molar-refractivity contribution in [3.8, 4) is 33.9 Å². The van der Waals surface area contributed by atoms with E-state index in [0.29, 0.717) is 66.7 Å². The highest BCUT2D eigenvalue weighted by Gasteiger charge is 2.27. The second kappa shape index (κ2) is 19.9. The molecule has 21 heteroatoms. The molecule has 0 saturated heterocycles. The lowest BCUT2D eigenvalue weighted by molar-refractivity contribution is 0.0682. The summed E-state index contributed by atoms with van der Waals surface area (Å²) in [5.74, 6) is -3.71. The molecule has 0 amide bonds. The Hall–Kier alpha value is -9.28. The average Bonchev–Trinajstić information content (AvgIpc) is 3.57. The molecule has 0 fully saturated rings. The number of carboxylic acids is 2. The van der Waals surface area contributed by atoms with E-state index < -0.39 is 53.6 Å². The largest absolute Gasteiger partial charge is 0.507 e. The molecule has 0 saturated carbocycles. The summed E-state index contributed by atoms with van der Waals surface area (Å²) in [6, 6.07) is 33.0. The molecule has 18 nitrogen and oxygen atoms in total. The van der Waals surface area contributed by atoms with Crippen LogP contribution in [0.5, 0.6) is 11.5 Å². The highest BCUT2D eigenvalue weighted by Crippen LogP contribution is 2.45. The lowest BCUT2D eigenvalue weighted by Gasteiger charge is -2.21. The molecular formula is C59H48N4O14S3. The SMILES string of the molecule is Cc1cc(C)c(NS(=O)(=O)c2cccc3cc(C(=O)O)c(O)cc23)c(C)c1N=c1ccc2c(-c3ccccc3S(=O)(=O)O)c3ccc(Nc4c(C)cc(C)c(NS(=O)(=O)c5cccc6cc(C(=O)O)c(O)cc56)c4C)cc3oc-2c1. The van der Waals surface area contributed by atoms with Crippen LogP contribution in [0.1, 0.15) is 54.1 Å². The second-order valence-corrected chi connectivity index (χ2v) is 24.0. The first-order valence-electron chi connectivity index (χ1n) is 24.4. The van der Waals surface area contributed by atoms with Gasteiger partial charge in [0.15, 0.2) is 0 Å². The summed E-state index contributed by atoms with van der Waals surface area (Å²) in [7, 11) is -13.5. The van der Waals surface area contributed by atoms with Gasteiger partial charge in [-0.25, -0.2) is 31.4 Å². The van der Waals surface area contributed by atoms with E-state index in [9.17, 15) is 59.8 Å². The summed E-state index contributed by atoms with van der Waals surface area (Å²) in [5.41, 5.74) is 5.96. The van der Waals surface area contributed by atoms with E-state index in [4.69, 9.17) is 9.41 Å². The molecule has 0 spiro atoms. The zero-order chi connectivity index (χ0) is 57.5. The van der Waals surface area contributed by atoms with Crippen molar-refractivity contribution in [3.05, 3.63) is 183 Å². The van der Waals surface area contributed by atoms with Gasteiger partial charge in [0.25, 0.3) is 30.2 Å². The summed E-state index contributed by atoms with van der Waals surface area (Å²) in [6.07, 6.45) is 0. The number of carboxylic acid groups (broad SMARTS) is 2. The molecule has 0 atom stereocenters. The van der Waals surface area contributed by atoms with E-state index in [2.05, 4.69) is 14.8 Å². The Labute approximate surface area is 458 Å². The Morgan fingerprint density at radius 1 is 0.512 bits per heavy atom. The number of anilines is 4. The molecule has 2 aliphatic rings. The molecule has 0 bridgehead atoms. The van der Waals surface area contributed by atoms with Gasteiger partial charge in [0.05, 0.1) is 32.2 Å². The summed E-state index contributed by atoms with van der Waals surface area (Å²) >= 11 is 0. The number of phenols is 2. The lowest BCUT2D eigenvalue weighted by atomic mass is 9.93. The number of sulfonamides is 2. The molecule has 0 unspecified atom stereocenters. The van der Waals surface area contributed by atoms with Crippen molar-refractivity contribution in [3.63, 3.8) is 0 Å². The molecule has 1 aliphatic carbocycles. The van der Waals surface area contributed by atoms with E-state index in [0.717, 1.165) is 17.7 Å². The minimum absolute atomic E-state index is 0.0996. The quantitative estimate of drug-likeness (QED) is 0.0393. The maximum absolute atomic E-state index is 14.2. The van der Waals surface area contributed by atoms with Gasteiger partial charge in [0.1, 0.15) is 38.9 Å². The summed E-state index contributed by atoms with van der Waals surface area (Å²) in [6.45, 7) is 10.6. The predicted molar refractivity (Wildman–Crippen MR) is 305 cm³/mol. The van der Waals surface area contributed by atoms with Crippen molar-refractivity contribution >= 4 is 103 Å². The zero-order valence-corrected chi connectivity index (χ0v) is 45.7. The molecule has 8 aromatic carbocycles. The van der Waals surface area contributed by atoms with Gasteiger partial charge in [-0.3, -0.25) is 14.0 Å². The van der Waals surface area contributed by atoms with Crippen molar-refractivity contribution in [1.82, 2.24) is 0 Å². The van der Waals surface area contributed by atoms with E-state index in [1.165, 1.54) is 54.6 Å². The predicted octanol–water partition coefficient (Wildman–Crippen LogP) is 12.0. The third kappa shape index (κ3) is 9.76. The van der Waals surface area contributed by atoms with Gasteiger partial charge >= 0.3 is 11.9 Å². The third-order valence-electron chi connectivity index (χ3n) is 14.0. The third-order valence-corrected chi connectivity index (χ3v) is 17.7. The fraction of sp³-hybridized carbons (Fsp3) is 0.102. The first-order chi connectivity index (χ1) is 37.7. The number of aryl methyl sites for hydroxylation is 4. The van der Waals surface area contributed by atoms with Crippen molar-refractivity contribution in [2.75, 3.05) is 14.8 Å². The monoisotopic (exact) mass is 1130 g/mol. The highest BCUT2D eigenvalue weighted by molar-refractivity contribution is 7.93. The number of nitrogens with zero attached hydrogens (tertiary/aromatic N) is 1. The van der Waals surface area contributed by atoms with Gasteiger partial charge in [-0.2, -0.15) is 8.42 Å². The Balaban J connectivity index is 1.07. The molecule has 8 aromatic rings. The van der Waals surface area contributed by atoms with Crippen LogP contribution in [-0.4, -0.2) is 62.2 Å². The topological polar surface area (TPSA) is 299 Å². The zero-order valence-electron chi connectivity index (χ0n) is 43.3. The molecule has 0 aromatic heterocycles. The van der Waals surface area contributed by atoms with Crippen molar-refractivity contribution in [1.29, 1.82) is 0 Å². The summed E-state index contributed by atoms with van der Waals surface area (Å²) < 4.78 is 105. The number of aromatic carboxylic acids is 2. The van der Waals surface area contributed by atoms with Crippen LogP contribution < -0.4 is 20.1 Å². The maximum atomic E-state index is 14.2. The number of nitrogens with one attached hydrogen (secondary N) is 3. The lowest BCUT2D eigenvalue weighted by Crippen LogP contribution is -2.16. The van der Waals surface area contributed by atoms with Crippen LogP contribution >= 0.6 is 0 Å². The second-order valence-electron chi connectivity index (χ2n) is 19.3. The molecular weight excluding hydrogens is 1080 g/mol. The number of fused-ring (bicyclic) bond motifs is 4. The number of hydrogen-bond acceptors (Lipinski definition) is 13. The average molecular weight is 1130 g/mol. The standard InChI is InChI=1S/C59H48N4O14S3/c1-29-21-31(3)56(62-78(70,71)50-15-9-11-35-23-44(58(66)67)46(64)27-42(35)50)33(5)54(29)60-37-17-19-39-48(25-37)77-49-26-38(18-20-40(49)53(39)41-13-7-8-14-52(41)80(74,75)76)61-55-30(2)22-32(4)57(34(55)6)63-79(72,73)51-16-10-12-36-24-45(59(68)69)47(65)28-43(36)51/h7-28,60,62-65H,1-6H3,(H,66,67)(H,68,69)(H,74,75,76). The number of benzene rings is 9. The Bertz CT molecular complexity index is 4750. The van der Waals surface area contributed by atoms with E-state index in [-0.39, 0.29) is 75.6 Å². The molecule has 10 rings (SSSR count). The Morgan fingerprint density at radius 3 is 1.60 bits per heavy atom. The van der Waals surface area contributed by atoms with Crippen LogP contribution in [0.15, 0.2) is 158 Å². The molecule has 406 valence electrons. The normalized spacial score (nSPS) is 12.4. The smallest absolute Gasteiger partial charge is 0.339 e. The Morgan fingerprint density at radius 2 is 1.04 bits per heavy atom. The van der Waals surface area contributed by atoms with Gasteiger partial charge < -0.3 is 30.2 Å². The van der Waals surface area contributed by atoms with Crippen LogP contribution in [0.4, 0.5) is 28.4 Å². The minimum Gasteiger partial charge on any atom is -0.507 e. The summed E-state index contributed by atoms with van der Waals surface area (Å²) in [4.78, 5) is 27.7. The maximum Gasteiger partial charge on any atom is 0.339 e. The van der Waals surface area contributed by atoms with Gasteiger partial charge in [-0.05, 0) is 152 Å². The first kappa shape index (κ1) is 54.1. The van der Waals surface area contributed by atoms with E-state index in [1.807, 2.05) is 13.8 Å². The van der Waals surface area contributed by atoms with E-state index in [1.54, 1.807) is 94.4 Å². The molecule has 80 heavy (non-hydrogen) atoms. The van der Waals surface area contributed by atoms with Crippen LogP contribution in [0, 0.1) is 41.5 Å². The number of carbonyl (C=O) groups is 2.